The molecule has 0 unspecified atom stereocenters. The third-order valence-electron chi connectivity index (χ3n) is 4.89. The van der Waals surface area contributed by atoms with Crippen LogP contribution in [0.3, 0.4) is 0 Å². The lowest BCUT2D eigenvalue weighted by Gasteiger charge is -2.27. The van der Waals surface area contributed by atoms with Gasteiger partial charge in [-0.3, -0.25) is 4.79 Å². The molecule has 1 heterocycles. The van der Waals surface area contributed by atoms with Crippen molar-refractivity contribution < 1.29 is 39.1 Å². The van der Waals surface area contributed by atoms with Crippen molar-refractivity contribution in [3.05, 3.63) is 29.8 Å². The first-order valence-electron chi connectivity index (χ1n) is 11.1. The molecule has 1 saturated heterocycles. The first-order valence-corrected chi connectivity index (χ1v) is 11.1. The molecule has 2 atom stereocenters. The average molecular weight is 506 g/mol. The number of hydrogen-bond acceptors (Lipinski definition) is 9. The fourth-order valence-corrected chi connectivity index (χ4v) is 2.97. The summed E-state index contributed by atoms with van der Waals surface area (Å²) in [4.78, 5) is 25.3. The van der Waals surface area contributed by atoms with Crippen LogP contribution in [0.2, 0.25) is 0 Å². The van der Waals surface area contributed by atoms with Crippen LogP contribution in [0.5, 0.6) is 5.75 Å². The summed E-state index contributed by atoms with van der Waals surface area (Å²) in [5.74, 6) is 0.156. The van der Waals surface area contributed by atoms with Crippen LogP contribution < -0.4 is 15.4 Å². The summed E-state index contributed by atoms with van der Waals surface area (Å²) in [6, 6.07) is 7.07. The van der Waals surface area contributed by atoms with Gasteiger partial charge >= 0.3 is 12.0 Å². The van der Waals surface area contributed by atoms with Crippen LogP contribution in [0.1, 0.15) is 12.0 Å². The molecule has 0 spiro atoms. The molecule has 1 aromatic rings. The Bertz CT molecular complexity index is 704. The van der Waals surface area contributed by atoms with Crippen LogP contribution in [0.25, 0.3) is 0 Å². The Morgan fingerprint density at radius 2 is 1.76 bits per heavy atom. The summed E-state index contributed by atoms with van der Waals surface area (Å²) in [7, 11) is 0. The second kappa shape index (κ2) is 17.3. The van der Waals surface area contributed by atoms with Crippen molar-refractivity contribution in [2.45, 2.75) is 25.0 Å². The smallest absolute Gasteiger partial charge is 0.317 e. The molecular formula is C22H36ClN3O8. The third kappa shape index (κ3) is 12.4. The van der Waals surface area contributed by atoms with Gasteiger partial charge < -0.3 is 45.1 Å². The first kappa shape index (κ1) is 29.9. The number of aryl methyl sites for hydroxylation is 1. The van der Waals surface area contributed by atoms with Gasteiger partial charge in [0.1, 0.15) is 31.2 Å². The fraction of sp³-hybridized carbons (Fsp3) is 0.636. The molecule has 0 aromatic heterocycles. The Labute approximate surface area is 205 Å². The molecule has 1 aliphatic heterocycles. The summed E-state index contributed by atoms with van der Waals surface area (Å²) in [6.07, 6.45) is -1.13. The van der Waals surface area contributed by atoms with Crippen molar-refractivity contribution in [2.75, 3.05) is 65.8 Å². The van der Waals surface area contributed by atoms with Gasteiger partial charge in [-0.15, -0.1) is 12.4 Å². The van der Waals surface area contributed by atoms with Crippen LogP contribution in [0, 0.1) is 0 Å². The fourth-order valence-electron chi connectivity index (χ4n) is 2.97. The zero-order valence-corrected chi connectivity index (χ0v) is 20.0. The van der Waals surface area contributed by atoms with Crippen LogP contribution >= 0.6 is 12.4 Å². The Morgan fingerprint density at radius 1 is 1.06 bits per heavy atom. The van der Waals surface area contributed by atoms with Gasteiger partial charge in [-0.25, -0.2) is 4.79 Å². The number of aliphatic hydroxyl groups is 3. The highest BCUT2D eigenvalue weighted by Gasteiger charge is 2.15. The number of halogens is 1. The van der Waals surface area contributed by atoms with Crippen molar-refractivity contribution in [3.63, 3.8) is 0 Å². The van der Waals surface area contributed by atoms with Crippen LogP contribution in [0.4, 0.5) is 4.79 Å². The highest BCUT2D eigenvalue weighted by molar-refractivity contribution is 5.85. The normalized spacial score (nSPS) is 15.1. The number of nitrogens with zero attached hydrogens (tertiary/aromatic N) is 1. The second-order valence-electron chi connectivity index (χ2n) is 7.66. The van der Waals surface area contributed by atoms with E-state index in [0.717, 1.165) is 5.56 Å². The Morgan fingerprint density at radius 3 is 2.44 bits per heavy atom. The van der Waals surface area contributed by atoms with E-state index in [0.29, 0.717) is 58.1 Å². The summed E-state index contributed by atoms with van der Waals surface area (Å²) in [5, 5.41) is 33.8. The minimum absolute atomic E-state index is 0. The molecule has 34 heavy (non-hydrogen) atoms. The first-order chi connectivity index (χ1) is 16.0. The minimum Gasteiger partial charge on any atom is -0.491 e. The average Bonchev–Trinajstić information content (AvgIpc) is 2.85. The number of benzene rings is 1. The number of carbonyl (C=O) groups is 2. The molecule has 194 valence electrons. The SMILES string of the molecule is Cl.O=C(CCc1ccc(OC[C@@H](O)CNCCNC(=O)N2CCOCC2)cc1)OC[C@@H](O)CO. The number of nitrogens with one attached hydrogen (secondary N) is 2. The standard InChI is InChI=1S/C22H35N3O8.ClH/c26-14-19(28)16-33-21(29)6-3-17-1-4-20(5-2-17)32-15-18(27)13-23-7-8-24-22(30)25-9-11-31-12-10-25;/h1-2,4-5,18-19,23,26-28H,3,6-16H2,(H,24,30);1H/t18-,19-;/m0./s1. The maximum Gasteiger partial charge on any atom is 0.317 e. The van der Waals surface area contributed by atoms with Gasteiger partial charge in [0.2, 0.25) is 0 Å². The molecule has 2 amide bonds. The molecule has 11 nitrogen and oxygen atoms in total. The monoisotopic (exact) mass is 505 g/mol. The predicted molar refractivity (Wildman–Crippen MR) is 126 cm³/mol. The van der Waals surface area contributed by atoms with Crippen molar-refractivity contribution in [3.8, 4) is 5.75 Å². The van der Waals surface area contributed by atoms with Gasteiger partial charge in [-0.2, -0.15) is 0 Å². The summed E-state index contributed by atoms with van der Waals surface area (Å²) < 4.78 is 15.6. The number of esters is 1. The summed E-state index contributed by atoms with van der Waals surface area (Å²) >= 11 is 0. The van der Waals surface area contributed by atoms with E-state index in [1.54, 1.807) is 17.0 Å². The van der Waals surface area contributed by atoms with Crippen molar-refractivity contribution in [1.82, 2.24) is 15.5 Å². The van der Waals surface area contributed by atoms with E-state index < -0.39 is 24.8 Å². The third-order valence-corrected chi connectivity index (χ3v) is 4.89. The lowest BCUT2D eigenvalue weighted by molar-refractivity contribution is -0.147. The van der Waals surface area contributed by atoms with Crippen molar-refractivity contribution >= 4 is 24.4 Å². The molecule has 0 saturated carbocycles. The van der Waals surface area contributed by atoms with Gasteiger partial charge in [-0.05, 0) is 24.1 Å². The number of morpholine rings is 1. The van der Waals surface area contributed by atoms with E-state index in [-0.39, 0.29) is 38.1 Å². The van der Waals surface area contributed by atoms with Crippen molar-refractivity contribution in [2.24, 2.45) is 0 Å². The Hall–Kier alpha value is -2.15. The lowest BCUT2D eigenvalue weighted by atomic mass is 10.1. The topological polar surface area (TPSA) is 150 Å². The summed E-state index contributed by atoms with van der Waals surface area (Å²) in [6.45, 7) is 3.09. The Kier molecular flexibility index (Phi) is 15.2. The van der Waals surface area contributed by atoms with Gasteiger partial charge in [0, 0.05) is 39.1 Å². The number of carbonyl (C=O) groups excluding carboxylic acids is 2. The lowest BCUT2D eigenvalue weighted by Crippen LogP contribution is -2.47. The van der Waals surface area contributed by atoms with Crippen molar-refractivity contribution in [1.29, 1.82) is 0 Å². The predicted octanol–water partition coefficient (Wildman–Crippen LogP) is -0.691. The number of ether oxygens (including phenoxy) is 3. The molecule has 5 N–H and O–H groups in total. The molecule has 1 fully saturated rings. The number of rotatable bonds is 14. The maximum atomic E-state index is 11.9. The highest BCUT2D eigenvalue weighted by Crippen LogP contribution is 2.14. The van der Waals surface area contributed by atoms with E-state index in [9.17, 15) is 14.7 Å². The van der Waals surface area contributed by atoms with E-state index in [1.807, 2.05) is 12.1 Å². The zero-order valence-electron chi connectivity index (χ0n) is 19.2. The second-order valence-corrected chi connectivity index (χ2v) is 7.66. The largest absolute Gasteiger partial charge is 0.491 e. The van der Waals surface area contributed by atoms with Gasteiger partial charge in [-0.1, -0.05) is 12.1 Å². The summed E-state index contributed by atoms with van der Waals surface area (Å²) in [5.41, 5.74) is 0.920. The Balaban J connectivity index is 0.00000578. The molecule has 0 bridgehead atoms. The van der Waals surface area contributed by atoms with E-state index in [4.69, 9.17) is 24.4 Å². The number of amides is 2. The number of aliphatic hydroxyl groups excluding tert-OH is 3. The van der Waals surface area contributed by atoms with Gasteiger partial charge in [0.25, 0.3) is 0 Å². The minimum atomic E-state index is -1.06. The zero-order chi connectivity index (χ0) is 23.9. The van der Waals surface area contributed by atoms with E-state index in [1.165, 1.54) is 0 Å². The molecular weight excluding hydrogens is 470 g/mol. The maximum absolute atomic E-state index is 11.9. The van der Waals surface area contributed by atoms with Crippen LogP contribution in [0.15, 0.2) is 24.3 Å². The van der Waals surface area contributed by atoms with Crippen LogP contribution in [-0.2, 0) is 20.7 Å². The van der Waals surface area contributed by atoms with E-state index in [2.05, 4.69) is 10.6 Å². The number of hydrogen-bond donors (Lipinski definition) is 5. The number of urea groups is 1. The quantitative estimate of drug-likeness (QED) is 0.163. The van der Waals surface area contributed by atoms with Gasteiger partial charge in [0.15, 0.2) is 0 Å². The van der Waals surface area contributed by atoms with Crippen LogP contribution in [-0.4, -0.2) is 110 Å². The molecule has 2 rings (SSSR count). The molecule has 0 aliphatic carbocycles. The molecule has 1 aromatic carbocycles. The molecule has 0 radical (unpaired) electrons. The highest BCUT2D eigenvalue weighted by atomic mass is 35.5. The van der Waals surface area contributed by atoms with Gasteiger partial charge in [0.05, 0.1) is 19.8 Å². The van der Waals surface area contributed by atoms with E-state index >= 15 is 0 Å². The molecule has 12 heteroatoms. The molecule has 1 aliphatic rings.